The highest BCUT2D eigenvalue weighted by atomic mass is 35.5. The van der Waals surface area contributed by atoms with Gasteiger partial charge in [-0.2, -0.15) is 0 Å². The molecule has 7 nitrogen and oxygen atoms in total. The summed E-state index contributed by atoms with van der Waals surface area (Å²) < 4.78 is 9.91. The van der Waals surface area contributed by atoms with Gasteiger partial charge in [0, 0.05) is 11.1 Å². The van der Waals surface area contributed by atoms with Crippen LogP contribution in [0.5, 0.6) is 17.2 Å². The third kappa shape index (κ3) is 4.30. The molecule has 0 aliphatic heterocycles. The average molecular weight is 352 g/mol. The van der Waals surface area contributed by atoms with Crippen molar-refractivity contribution in [3.8, 4) is 17.2 Å². The molecule has 0 heterocycles. The summed E-state index contributed by atoms with van der Waals surface area (Å²) in [6.45, 7) is -0.575. The number of benzene rings is 2. The van der Waals surface area contributed by atoms with Gasteiger partial charge in [-0.15, -0.1) is 0 Å². The van der Waals surface area contributed by atoms with E-state index in [1.54, 1.807) is 12.1 Å². The lowest BCUT2D eigenvalue weighted by molar-refractivity contribution is -0.119. The number of hydrogen-bond acceptors (Lipinski definition) is 6. The number of carbonyl (C=O) groups is 2. The van der Waals surface area contributed by atoms with E-state index in [0.29, 0.717) is 16.5 Å². The van der Waals surface area contributed by atoms with Crippen LogP contribution in [-0.4, -0.2) is 35.8 Å². The number of ether oxygens (including phenoxy) is 2. The largest absolute Gasteiger partial charge is 0.508 e. The van der Waals surface area contributed by atoms with Gasteiger partial charge in [0.25, 0.3) is 5.91 Å². The highest BCUT2D eigenvalue weighted by molar-refractivity contribution is 6.31. The Kier molecular flexibility index (Phi) is 5.49. The Balaban J connectivity index is 1.98. The predicted molar refractivity (Wildman–Crippen MR) is 86.7 cm³/mol. The molecule has 0 aliphatic rings. The molecule has 0 atom stereocenters. The van der Waals surface area contributed by atoms with Gasteiger partial charge in [-0.1, -0.05) is 11.6 Å². The lowest BCUT2D eigenvalue weighted by Gasteiger charge is -2.11. The van der Waals surface area contributed by atoms with Crippen molar-refractivity contribution in [1.29, 1.82) is 0 Å². The van der Waals surface area contributed by atoms with Crippen LogP contribution in [0.2, 0.25) is 5.02 Å². The molecule has 0 spiro atoms. The van der Waals surface area contributed by atoms with Gasteiger partial charge in [-0.25, -0.2) is 4.79 Å². The van der Waals surface area contributed by atoms with E-state index in [-0.39, 0.29) is 11.3 Å². The standard InChI is InChI=1S/C16H14ClNO6/c1-23-14-5-2-9(17)6-12(14)18-15(21)8-24-16(22)11-4-3-10(19)7-13(11)20/h2-7,19-20H,8H2,1H3,(H,18,21). The number of amides is 1. The van der Waals surface area contributed by atoms with Gasteiger partial charge in [-0.3, -0.25) is 4.79 Å². The zero-order valence-corrected chi connectivity index (χ0v) is 13.3. The van der Waals surface area contributed by atoms with Crippen LogP contribution in [0, 0.1) is 0 Å². The molecule has 0 saturated heterocycles. The molecular formula is C16H14ClNO6. The Hall–Kier alpha value is -2.93. The molecule has 126 valence electrons. The van der Waals surface area contributed by atoms with E-state index >= 15 is 0 Å². The molecule has 2 aromatic rings. The van der Waals surface area contributed by atoms with E-state index in [1.165, 1.54) is 25.3 Å². The highest BCUT2D eigenvalue weighted by Gasteiger charge is 2.16. The number of hydrogen-bond donors (Lipinski definition) is 3. The molecule has 0 aliphatic carbocycles. The summed E-state index contributed by atoms with van der Waals surface area (Å²) in [5, 5.41) is 21.6. The summed E-state index contributed by atoms with van der Waals surface area (Å²) >= 11 is 5.85. The normalized spacial score (nSPS) is 10.1. The van der Waals surface area contributed by atoms with Crippen LogP contribution in [0.25, 0.3) is 0 Å². The zero-order chi connectivity index (χ0) is 17.7. The molecule has 0 bridgehead atoms. The Morgan fingerprint density at radius 1 is 1.17 bits per heavy atom. The van der Waals surface area contributed by atoms with Gasteiger partial charge >= 0.3 is 5.97 Å². The van der Waals surface area contributed by atoms with Gasteiger partial charge in [0.15, 0.2) is 6.61 Å². The summed E-state index contributed by atoms with van der Waals surface area (Å²) in [6, 6.07) is 8.07. The van der Waals surface area contributed by atoms with Crippen molar-refractivity contribution in [3.05, 3.63) is 47.0 Å². The fourth-order valence-electron chi connectivity index (χ4n) is 1.87. The second kappa shape index (κ2) is 7.56. The highest BCUT2D eigenvalue weighted by Crippen LogP contribution is 2.27. The smallest absolute Gasteiger partial charge is 0.342 e. The quantitative estimate of drug-likeness (QED) is 0.715. The van der Waals surface area contributed by atoms with Gasteiger partial charge < -0.3 is 25.0 Å². The monoisotopic (exact) mass is 351 g/mol. The number of carbonyl (C=O) groups excluding carboxylic acids is 2. The van der Waals surface area contributed by atoms with Crippen molar-refractivity contribution in [2.24, 2.45) is 0 Å². The SMILES string of the molecule is COc1ccc(Cl)cc1NC(=O)COC(=O)c1ccc(O)cc1O. The third-order valence-electron chi connectivity index (χ3n) is 2.97. The first kappa shape index (κ1) is 17.4. The van der Waals surface area contributed by atoms with Gasteiger partial charge in [-0.05, 0) is 30.3 Å². The van der Waals surface area contributed by atoms with E-state index in [0.717, 1.165) is 6.07 Å². The van der Waals surface area contributed by atoms with E-state index in [2.05, 4.69) is 5.32 Å². The van der Waals surface area contributed by atoms with Crippen LogP contribution in [-0.2, 0) is 9.53 Å². The minimum atomic E-state index is -0.902. The predicted octanol–water partition coefficient (Wildman–Crippen LogP) is 2.56. The van der Waals surface area contributed by atoms with E-state index < -0.39 is 24.2 Å². The summed E-state index contributed by atoms with van der Waals surface area (Å²) in [6.07, 6.45) is 0. The zero-order valence-electron chi connectivity index (χ0n) is 12.6. The molecule has 0 fully saturated rings. The molecule has 2 aromatic carbocycles. The van der Waals surface area contributed by atoms with Crippen molar-refractivity contribution in [2.45, 2.75) is 0 Å². The number of esters is 1. The number of aromatic hydroxyl groups is 2. The molecular weight excluding hydrogens is 338 g/mol. The number of nitrogens with one attached hydrogen (secondary N) is 1. The van der Waals surface area contributed by atoms with Crippen molar-refractivity contribution < 1.29 is 29.3 Å². The van der Waals surface area contributed by atoms with Crippen LogP contribution in [0.1, 0.15) is 10.4 Å². The fourth-order valence-corrected chi connectivity index (χ4v) is 2.04. The van der Waals surface area contributed by atoms with Crippen LogP contribution >= 0.6 is 11.6 Å². The van der Waals surface area contributed by atoms with Gasteiger partial charge in [0.2, 0.25) is 0 Å². The average Bonchev–Trinajstić information content (AvgIpc) is 2.53. The number of anilines is 1. The number of phenols is 2. The maximum Gasteiger partial charge on any atom is 0.342 e. The Bertz CT molecular complexity index is 777. The summed E-state index contributed by atoms with van der Waals surface area (Å²) in [5.41, 5.74) is 0.166. The Labute approximate surface area is 142 Å². The molecule has 8 heteroatoms. The number of halogens is 1. The first-order valence-electron chi connectivity index (χ1n) is 6.73. The Morgan fingerprint density at radius 2 is 1.92 bits per heavy atom. The summed E-state index contributed by atoms with van der Waals surface area (Å²) in [7, 11) is 1.44. The fraction of sp³-hybridized carbons (Fsp3) is 0.125. The topological polar surface area (TPSA) is 105 Å². The molecule has 24 heavy (non-hydrogen) atoms. The molecule has 0 aromatic heterocycles. The van der Waals surface area contributed by atoms with Crippen molar-refractivity contribution >= 4 is 29.2 Å². The molecule has 0 saturated carbocycles. The first-order valence-corrected chi connectivity index (χ1v) is 7.11. The van der Waals surface area contributed by atoms with Crippen LogP contribution < -0.4 is 10.1 Å². The minimum Gasteiger partial charge on any atom is -0.508 e. The summed E-state index contributed by atoms with van der Waals surface area (Å²) in [5.74, 6) is -1.76. The number of rotatable bonds is 5. The van der Waals surface area contributed by atoms with E-state index in [4.69, 9.17) is 21.1 Å². The molecule has 0 radical (unpaired) electrons. The van der Waals surface area contributed by atoms with E-state index in [1.807, 2.05) is 0 Å². The number of phenolic OH excluding ortho intramolecular Hbond substituents is 2. The van der Waals surface area contributed by atoms with Crippen molar-refractivity contribution in [3.63, 3.8) is 0 Å². The molecule has 0 unspecified atom stereocenters. The maximum atomic E-state index is 11.9. The summed E-state index contributed by atoms with van der Waals surface area (Å²) in [4.78, 5) is 23.7. The lowest BCUT2D eigenvalue weighted by Crippen LogP contribution is -2.21. The molecule has 2 rings (SSSR count). The van der Waals surface area contributed by atoms with Crippen LogP contribution in [0.4, 0.5) is 5.69 Å². The van der Waals surface area contributed by atoms with Crippen LogP contribution in [0.15, 0.2) is 36.4 Å². The molecule has 3 N–H and O–H groups in total. The van der Waals surface area contributed by atoms with E-state index in [9.17, 15) is 19.8 Å². The van der Waals surface area contributed by atoms with Crippen molar-refractivity contribution in [2.75, 3.05) is 19.0 Å². The second-order valence-electron chi connectivity index (χ2n) is 4.67. The Morgan fingerprint density at radius 3 is 2.58 bits per heavy atom. The minimum absolute atomic E-state index is 0.166. The first-order chi connectivity index (χ1) is 11.4. The van der Waals surface area contributed by atoms with Gasteiger partial charge in [0.1, 0.15) is 22.8 Å². The third-order valence-corrected chi connectivity index (χ3v) is 3.21. The van der Waals surface area contributed by atoms with Gasteiger partial charge in [0.05, 0.1) is 12.8 Å². The molecule has 1 amide bonds. The maximum absolute atomic E-state index is 11.9. The number of methoxy groups -OCH3 is 1. The van der Waals surface area contributed by atoms with Crippen molar-refractivity contribution in [1.82, 2.24) is 0 Å². The second-order valence-corrected chi connectivity index (χ2v) is 5.11. The van der Waals surface area contributed by atoms with Crippen LogP contribution in [0.3, 0.4) is 0 Å². The lowest BCUT2D eigenvalue weighted by atomic mass is 10.2.